The average Bonchev–Trinajstić information content (AvgIpc) is 1.09. The minimum absolute atomic E-state index is 0.0565. The van der Waals surface area contributed by atoms with Crippen molar-refractivity contribution in [1.82, 2.24) is 64.9 Å². The maximum absolute atomic E-state index is 15.4. The standard InChI is InChI=1S/C72H109ClF5N13O14/c1-16-42(4)59-69(103)84(9)43(5)63(97)91-31-30-51(91)68(102)87(12)54(34-44-22-18-17-19-23-44)67(101)83(8)37-56(92)79-49(29-27-45-26-28-47(48(73)33-45)72(76,77)78)64(98)86(11)53(35-58(94)90-39-71(74,75)40-90)61(95)80-50(38-105-15)65(99)89(14)60(46-24-20-21-25-46)70(104)88(13)55(66(100)82(6)7)36-57(93)85(10)52(32-41(2)3)62(96)81-59/h26,28,33,41-44,46,49-55,59-60H,16-25,27,29-32,34-40H2,1-15H3,(H,79,92)(H,80,95)(H,81,96)/t42-,43-,49-,50-,51-,52-,53-,54-,55-,59-,60-/m0/s1. The minimum atomic E-state index is -4.85. The van der Waals surface area contributed by atoms with Crippen LogP contribution in [0.1, 0.15) is 148 Å². The highest BCUT2D eigenvalue weighted by Crippen LogP contribution is 2.37. The number of hydrogen-bond acceptors (Lipinski definition) is 14. The van der Waals surface area contributed by atoms with Gasteiger partial charge in [0.15, 0.2) is 0 Å². The number of carbonyl (C=O) groups is 13. The van der Waals surface area contributed by atoms with Gasteiger partial charge >= 0.3 is 6.18 Å². The lowest BCUT2D eigenvalue weighted by Gasteiger charge is -2.45. The summed E-state index contributed by atoms with van der Waals surface area (Å²) >= 11 is 6.13. The van der Waals surface area contributed by atoms with Crippen LogP contribution in [0.4, 0.5) is 22.0 Å². The van der Waals surface area contributed by atoms with E-state index in [1.165, 1.54) is 90.0 Å². The molecule has 1 aromatic carbocycles. The summed E-state index contributed by atoms with van der Waals surface area (Å²) in [6, 6.07) is -11.7. The molecule has 33 heteroatoms. The van der Waals surface area contributed by atoms with Crippen molar-refractivity contribution in [3.63, 3.8) is 0 Å². The smallest absolute Gasteiger partial charge is 0.382 e. The van der Waals surface area contributed by atoms with Gasteiger partial charge in [-0.25, -0.2) is 8.78 Å². The van der Waals surface area contributed by atoms with E-state index in [1.807, 2.05) is 13.8 Å². The van der Waals surface area contributed by atoms with Gasteiger partial charge in [-0.3, -0.25) is 62.3 Å². The minimum Gasteiger partial charge on any atom is -0.382 e. The quantitative estimate of drug-likeness (QED) is 0.209. The summed E-state index contributed by atoms with van der Waals surface area (Å²) in [6.07, 6.45) is -0.464. The zero-order chi connectivity index (χ0) is 78.6. The zero-order valence-electron chi connectivity index (χ0n) is 63.3. The summed E-state index contributed by atoms with van der Waals surface area (Å²) in [4.78, 5) is 204. The number of amides is 13. The number of ether oxygens (including phenoxy) is 1. The number of rotatable bonds is 15. The van der Waals surface area contributed by atoms with Gasteiger partial charge in [-0.05, 0) is 93.2 Å². The van der Waals surface area contributed by atoms with Crippen LogP contribution < -0.4 is 16.0 Å². The molecule has 5 fully saturated rings. The second kappa shape index (κ2) is 37.2. The Balaban J connectivity index is 1.48. The normalized spacial score (nSPS) is 27.2. The molecule has 2 saturated carbocycles. The predicted octanol–water partition coefficient (Wildman–Crippen LogP) is 4.05. The third-order valence-corrected chi connectivity index (χ3v) is 22.1. The maximum Gasteiger partial charge on any atom is 0.417 e. The van der Waals surface area contributed by atoms with Crippen molar-refractivity contribution >= 4 is 88.4 Å². The molecule has 0 unspecified atom stereocenters. The molecule has 11 atom stereocenters. The fraction of sp³-hybridized carbons (Fsp3) is 0.736. The van der Waals surface area contributed by atoms with E-state index >= 15 is 24.0 Å². The van der Waals surface area contributed by atoms with Crippen LogP contribution in [0.2, 0.25) is 5.02 Å². The van der Waals surface area contributed by atoms with E-state index in [0.717, 1.165) is 73.9 Å². The number of nitrogens with zero attached hydrogens (tertiary/aromatic N) is 10. The summed E-state index contributed by atoms with van der Waals surface area (Å²) in [5.74, 6) is -15.7. The first-order chi connectivity index (χ1) is 49.1. The summed E-state index contributed by atoms with van der Waals surface area (Å²) in [5.41, 5.74) is -1.02. The molecule has 3 saturated heterocycles. The molecule has 3 N–H and O–H groups in total. The van der Waals surface area contributed by atoms with Crippen LogP contribution in [0.25, 0.3) is 0 Å². The molecule has 0 spiro atoms. The lowest BCUT2D eigenvalue weighted by atomic mass is 9.84. The number of alkyl halides is 5. The lowest BCUT2D eigenvalue weighted by Crippen LogP contribution is -2.65. The SMILES string of the molecule is CC[C@H](C)[C@@H]1NC(=O)[C@H](CC(C)C)N(C)C(=O)C[C@@H](C(=O)N(C)C)N(C)C(=O)[C@H](C2CCCC2)N(C)C(=O)[C@H](COC)NC(=O)[C@H](CC(=O)N2CC(F)(F)C2)N(C)C(=O)[C@H](CCc2ccc(C(F)(F)F)c(Cl)c2)NC(=O)CN(C)C(=O)[C@H](CC2CCCCC2)N(C)C(=O)[C@@H]2CCN2C(=O)[C@H](C)N(C)C1=O. The number of halogens is 6. The van der Waals surface area contributed by atoms with E-state index < -0.39 is 217 Å². The molecule has 1 aromatic rings. The van der Waals surface area contributed by atoms with Crippen LogP contribution >= 0.6 is 11.6 Å². The monoisotopic (exact) mass is 1510 g/mol. The largest absolute Gasteiger partial charge is 0.417 e. The number of nitrogens with one attached hydrogen (secondary N) is 3. The molecule has 27 nitrogen and oxygen atoms in total. The summed E-state index contributed by atoms with van der Waals surface area (Å²) in [7, 11) is 13.1. The Morgan fingerprint density at radius 1 is 0.686 bits per heavy atom. The van der Waals surface area contributed by atoms with Gasteiger partial charge in [0.2, 0.25) is 76.8 Å². The van der Waals surface area contributed by atoms with E-state index in [2.05, 4.69) is 16.0 Å². The third-order valence-electron chi connectivity index (χ3n) is 21.7. The Kier molecular flexibility index (Phi) is 30.5. The molecule has 2 aliphatic carbocycles. The molecule has 5 aliphatic rings. The molecular formula is C72H109ClF5N13O14. The van der Waals surface area contributed by atoms with Gasteiger partial charge in [-0.1, -0.05) is 96.7 Å². The van der Waals surface area contributed by atoms with E-state index in [4.69, 9.17) is 16.3 Å². The summed E-state index contributed by atoms with van der Waals surface area (Å²) in [5, 5.41) is 7.32. The molecule has 3 heterocycles. The van der Waals surface area contributed by atoms with Crippen molar-refractivity contribution in [1.29, 1.82) is 0 Å². The van der Waals surface area contributed by atoms with Crippen LogP contribution in [0.3, 0.4) is 0 Å². The summed E-state index contributed by atoms with van der Waals surface area (Å²) < 4.78 is 76.1. The molecule has 13 amide bonds. The van der Waals surface area contributed by atoms with E-state index in [1.54, 1.807) is 13.8 Å². The number of aryl methyl sites for hydroxylation is 1. The first kappa shape index (κ1) is 86.2. The number of methoxy groups -OCH3 is 1. The second-order valence-electron chi connectivity index (χ2n) is 30.0. The Labute approximate surface area is 617 Å². The molecule has 0 radical (unpaired) electrons. The number of fused-ring (bicyclic) bond motifs is 1. The molecule has 6 rings (SSSR count). The van der Waals surface area contributed by atoms with Gasteiger partial charge in [0.05, 0.1) is 49.7 Å². The summed E-state index contributed by atoms with van der Waals surface area (Å²) in [6.45, 7) is 5.23. The molecule has 3 aliphatic heterocycles. The molecule has 588 valence electrons. The van der Waals surface area contributed by atoms with Crippen molar-refractivity contribution in [3.8, 4) is 0 Å². The Morgan fingerprint density at radius 3 is 1.82 bits per heavy atom. The van der Waals surface area contributed by atoms with Crippen molar-refractivity contribution in [2.75, 3.05) is 103 Å². The maximum atomic E-state index is 15.4. The van der Waals surface area contributed by atoms with Gasteiger partial charge in [0.1, 0.15) is 60.4 Å². The van der Waals surface area contributed by atoms with Gasteiger partial charge in [0, 0.05) is 77.1 Å². The van der Waals surface area contributed by atoms with Gasteiger partial charge in [-0.2, -0.15) is 13.2 Å². The highest BCUT2D eigenvalue weighted by Gasteiger charge is 2.50. The predicted molar refractivity (Wildman–Crippen MR) is 377 cm³/mol. The first-order valence-electron chi connectivity index (χ1n) is 36.3. The van der Waals surface area contributed by atoms with Crippen LogP contribution in [-0.4, -0.2) is 295 Å². The number of carbonyl (C=O) groups excluding carboxylic acids is 13. The molecular weight excluding hydrogens is 1400 g/mol. The van der Waals surface area contributed by atoms with Crippen molar-refractivity contribution in [2.45, 2.75) is 216 Å². The molecule has 0 bridgehead atoms. The number of likely N-dealkylation sites (N-methyl/N-ethyl adjacent to an activating group) is 8. The number of hydrogen-bond donors (Lipinski definition) is 3. The van der Waals surface area contributed by atoms with Gasteiger partial charge in [-0.15, -0.1) is 0 Å². The fourth-order valence-corrected chi connectivity index (χ4v) is 15.0. The van der Waals surface area contributed by atoms with Crippen molar-refractivity contribution in [3.05, 3.63) is 34.3 Å². The fourth-order valence-electron chi connectivity index (χ4n) is 14.7. The Hall–Kier alpha value is -7.77. The van der Waals surface area contributed by atoms with Crippen LogP contribution in [0.15, 0.2) is 18.2 Å². The third kappa shape index (κ3) is 21.5. The second-order valence-corrected chi connectivity index (χ2v) is 30.4. The Morgan fingerprint density at radius 2 is 1.28 bits per heavy atom. The highest BCUT2D eigenvalue weighted by molar-refractivity contribution is 6.31. The first-order valence-corrected chi connectivity index (χ1v) is 36.7. The topological polar surface area (TPSA) is 300 Å². The van der Waals surface area contributed by atoms with E-state index in [0.29, 0.717) is 44.9 Å². The van der Waals surface area contributed by atoms with Gasteiger partial charge < -0.3 is 69.7 Å². The van der Waals surface area contributed by atoms with Crippen molar-refractivity contribution in [2.24, 2.45) is 23.7 Å². The number of likely N-dealkylation sites (tertiary alicyclic amines) is 1. The van der Waals surface area contributed by atoms with E-state index in [9.17, 15) is 60.3 Å². The van der Waals surface area contributed by atoms with E-state index in [-0.39, 0.29) is 49.6 Å². The van der Waals surface area contributed by atoms with Crippen LogP contribution in [-0.2, 0) is 79.7 Å². The van der Waals surface area contributed by atoms with Crippen molar-refractivity contribution < 1.29 is 89.0 Å². The average molecular weight is 1510 g/mol. The highest BCUT2D eigenvalue weighted by atomic mass is 35.5. The van der Waals surface area contributed by atoms with Crippen LogP contribution in [0, 0.1) is 23.7 Å². The van der Waals surface area contributed by atoms with Crippen LogP contribution in [0.5, 0.6) is 0 Å². The molecule has 105 heavy (non-hydrogen) atoms. The lowest BCUT2D eigenvalue weighted by molar-refractivity contribution is -0.168. The number of benzene rings is 1. The molecule has 0 aromatic heterocycles. The zero-order valence-corrected chi connectivity index (χ0v) is 64.1. The van der Waals surface area contributed by atoms with Gasteiger partial charge in [0.25, 0.3) is 5.92 Å². The Bertz CT molecular complexity index is 3330.